The molecule has 0 saturated carbocycles. The summed E-state index contributed by atoms with van der Waals surface area (Å²) >= 11 is 1.64. The zero-order valence-corrected chi connectivity index (χ0v) is 25.8. The van der Waals surface area contributed by atoms with Crippen LogP contribution in [0.1, 0.15) is 38.8 Å². The van der Waals surface area contributed by atoms with Gasteiger partial charge in [0.25, 0.3) is 0 Å². The van der Waals surface area contributed by atoms with Gasteiger partial charge in [-0.25, -0.2) is 0 Å². The van der Waals surface area contributed by atoms with Crippen LogP contribution < -0.4 is 0 Å². The van der Waals surface area contributed by atoms with E-state index in [0.29, 0.717) is 33.6 Å². The number of thiophene rings is 1. The standard InChI is InChI=1S/C25H15N2S.C13H12N.Ir/c26-16-19-6-8-21-22-15-20(7-9-24(22)28-25(21)14-19)23-13-18(10-11-27-23)12-17-4-2-1-3-5-17;1-10-3-6-12(7-4-10)13-8-5-11(2)9-14-13;/h1-6,8-11,13-15H,12H2;3-6,8-9H,1-2H3;/q2*-1;/i12D2;1D3,2D3;. The zero-order chi connectivity index (χ0) is 35.7. The summed E-state index contributed by atoms with van der Waals surface area (Å²) in [7, 11) is 0. The summed E-state index contributed by atoms with van der Waals surface area (Å²) in [4.78, 5) is 8.55. The monoisotopic (exact) mass is 758 g/mol. The van der Waals surface area contributed by atoms with E-state index in [1.165, 1.54) is 24.4 Å². The molecule has 7 aromatic rings. The van der Waals surface area contributed by atoms with Crippen molar-refractivity contribution in [3.05, 3.63) is 155 Å². The SMILES string of the molecule is [2H]C([2H])([2H])c1c[c-]c(-c2ccc(C([2H])([2H])[2H])cn2)cc1.[2H]C([2H])(c1ccccc1)c1ccnc(-c2[c-]cc3sc4cc(C#N)ccc4c3c2)c1.[Ir]. The van der Waals surface area contributed by atoms with Crippen molar-refractivity contribution in [1.82, 2.24) is 9.97 Å². The Morgan fingerprint density at radius 1 is 0.767 bits per heavy atom. The van der Waals surface area contributed by atoms with Gasteiger partial charge in [0.05, 0.1) is 11.6 Å². The molecule has 1 radical (unpaired) electrons. The number of rotatable bonds is 4. The third-order valence-corrected chi connectivity index (χ3v) is 7.60. The maximum atomic E-state index is 9.15. The quantitative estimate of drug-likeness (QED) is 0.168. The Kier molecular flexibility index (Phi) is 6.76. The molecule has 0 saturated heterocycles. The van der Waals surface area contributed by atoms with E-state index in [2.05, 4.69) is 28.2 Å². The molecule has 0 spiro atoms. The summed E-state index contributed by atoms with van der Waals surface area (Å²) in [6.07, 6.45) is 1.33. The van der Waals surface area contributed by atoms with Crippen LogP contribution in [-0.4, -0.2) is 9.97 Å². The van der Waals surface area contributed by atoms with Gasteiger partial charge in [-0.1, -0.05) is 66.8 Å². The molecule has 0 amide bonds. The molecule has 5 heteroatoms. The normalized spacial score (nSPS) is 14.1. The van der Waals surface area contributed by atoms with E-state index in [4.69, 9.17) is 16.2 Å². The number of hydrogen-bond donors (Lipinski definition) is 0. The van der Waals surface area contributed by atoms with Crippen molar-refractivity contribution in [2.75, 3.05) is 0 Å². The number of nitriles is 1. The second-order valence-corrected chi connectivity index (χ2v) is 10.5. The molecule has 7 rings (SSSR count). The van der Waals surface area contributed by atoms with Crippen LogP contribution in [-0.2, 0) is 26.5 Å². The summed E-state index contributed by atoms with van der Waals surface area (Å²) in [5.74, 6) is 0. The molecule has 3 aromatic heterocycles. The second kappa shape index (κ2) is 13.7. The molecule has 0 aliphatic carbocycles. The molecule has 0 fully saturated rings. The summed E-state index contributed by atoms with van der Waals surface area (Å²) in [5.41, 5.74) is 4.86. The molecule has 4 aromatic carbocycles. The maximum Gasteiger partial charge on any atom is 0.0992 e. The minimum absolute atomic E-state index is 0. The van der Waals surface area contributed by atoms with Gasteiger partial charge < -0.3 is 9.97 Å². The fourth-order valence-electron chi connectivity index (χ4n) is 4.42. The van der Waals surface area contributed by atoms with Crippen LogP contribution in [0.2, 0.25) is 0 Å². The topological polar surface area (TPSA) is 49.6 Å². The van der Waals surface area contributed by atoms with Gasteiger partial charge in [-0.15, -0.1) is 59.2 Å². The van der Waals surface area contributed by atoms with Crippen molar-refractivity contribution in [2.45, 2.75) is 20.1 Å². The molecule has 43 heavy (non-hydrogen) atoms. The first-order valence-corrected chi connectivity index (χ1v) is 13.9. The summed E-state index contributed by atoms with van der Waals surface area (Å²) in [5, 5.41) is 11.3. The predicted molar refractivity (Wildman–Crippen MR) is 173 cm³/mol. The number of aromatic nitrogens is 2. The zero-order valence-electron chi connectivity index (χ0n) is 30.6. The molecule has 0 atom stereocenters. The third-order valence-electron chi connectivity index (χ3n) is 6.48. The van der Waals surface area contributed by atoms with E-state index >= 15 is 0 Å². The van der Waals surface area contributed by atoms with E-state index in [-0.39, 0.29) is 31.2 Å². The molecule has 0 N–H and O–H groups in total. The minimum atomic E-state index is -2.18. The molecule has 211 valence electrons. The summed E-state index contributed by atoms with van der Waals surface area (Å²) < 4.78 is 63.1. The maximum absolute atomic E-state index is 9.15. The molecule has 3 nitrogen and oxygen atoms in total. The van der Waals surface area contributed by atoms with Crippen LogP contribution in [0.25, 0.3) is 42.7 Å². The molecular formula is C38H27IrN3S-2. The molecule has 0 unspecified atom stereocenters. The van der Waals surface area contributed by atoms with E-state index < -0.39 is 20.1 Å². The largest absolute Gasteiger partial charge is 0.305 e. The average Bonchev–Trinajstić information content (AvgIpc) is 3.49. The van der Waals surface area contributed by atoms with Crippen LogP contribution in [0.4, 0.5) is 0 Å². The van der Waals surface area contributed by atoms with Crippen molar-refractivity contribution in [2.24, 2.45) is 0 Å². The van der Waals surface area contributed by atoms with Gasteiger partial charge in [0, 0.05) is 48.2 Å². The van der Waals surface area contributed by atoms with Gasteiger partial charge in [-0.3, -0.25) is 0 Å². The Balaban J connectivity index is 0.000000211. The van der Waals surface area contributed by atoms with Crippen molar-refractivity contribution in [3.8, 4) is 28.6 Å². The molecule has 0 aliphatic rings. The van der Waals surface area contributed by atoms with Crippen molar-refractivity contribution in [1.29, 1.82) is 5.26 Å². The molecule has 0 bridgehead atoms. The van der Waals surface area contributed by atoms with Crippen molar-refractivity contribution < 1.29 is 31.1 Å². The van der Waals surface area contributed by atoms with Crippen LogP contribution in [0, 0.1) is 37.2 Å². The first kappa shape index (κ1) is 21.3. The van der Waals surface area contributed by atoms with Gasteiger partial charge >= 0.3 is 0 Å². The van der Waals surface area contributed by atoms with Gasteiger partial charge in [0.2, 0.25) is 0 Å². The number of nitrogens with zero attached hydrogens (tertiary/aromatic N) is 3. The Labute approximate surface area is 281 Å². The van der Waals surface area contributed by atoms with E-state index in [0.717, 1.165) is 25.7 Å². The number of fused-ring (bicyclic) bond motifs is 3. The number of hydrogen-bond acceptors (Lipinski definition) is 4. The molecule has 0 aliphatic heterocycles. The van der Waals surface area contributed by atoms with E-state index in [9.17, 15) is 0 Å². The van der Waals surface area contributed by atoms with Crippen molar-refractivity contribution in [3.63, 3.8) is 0 Å². The van der Waals surface area contributed by atoms with Gasteiger partial charge in [0.1, 0.15) is 0 Å². The smallest absolute Gasteiger partial charge is 0.0992 e. The molecular weight excluding hydrogens is 723 g/mol. The minimum Gasteiger partial charge on any atom is -0.305 e. The van der Waals surface area contributed by atoms with E-state index in [1.807, 2.05) is 48.5 Å². The predicted octanol–water partition coefficient (Wildman–Crippen LogP) is 9.54. The number of pyridine rings is 2. The van der Waals surface area contributed by atoms with Crippen LogP contribution in [0.3, 0.4) is 0 Å². The van der Waals surface area contributed by atoms with Crippen LogP contribution in [0.15, 0.2) is 116 Å². The first-order chi connectivity index (χ1) is 23.7. The number of aryl methyl sites for hydroxylation is 2. The van der Waals surface area contributed by atoms with Crippen LogP contribution in [0.5, 0.6) is 0 Å². The Hall–Kier alpha value is -4.46. The summed E-state index contributed by atoms with van der Waals surface area (Å²) in [6.45, 7) is -4.34. The van der Waals surface area contributed by atoms with Gasteiger partial charge in [-0.2, -0.15) is 16.6 Å². The second-order valence-electron chi connectivity index (χ2n) is 9.39. The summed E-state index contributed by atoms with van der Waals surface area (Å²) in [6, 6.07) is 38.3. The average molecular weight is 758 g/mol. The molecule has 3 heterocycles. The first-order valence-electron chi connectivity index (χ1n) is 17.0. The van der Waals surface area contributed by atoms with Gasteiger partial charge in [-0.05, 0) is 69.6 Å². The fraction of sp³-hybridized carbons (Fsp3) is 0.0789. The third kappa shape index (κ3) is 7.13. The fourth-order valence-corrected chi connectivity index (χ4v) is 5.53. The van der Waals surface area contributed by atoms with E-state index in [1.54, 1.807) is 53.9 Å². The van der Waals surface area contributed by atoms with Crippen molar-refractivity contribution >= 4 is 31.5 Å². The number of benzene rings is 4. The Bertz CT molecular complexity index is 2270. The van der Waals surface area contributed by atoms with Crippen LogP contribution >= 0.6 is 11.3 Å². The Morgan fingerprint density at radius 3 is 2.35 bits per heavy atom. The Morgan fingerprint density at radius 2 is 1.60 bits per heavy atom. The van der Waals surface area contributed by atoms with Gasteiger partial charge in [0.15, 0.2) is 0 Å².